The number of carbonyl (C=O) groups is 1. The van der Waals surface area contributed by atoms with Gasteiger partial charge in [0.2, 0.25) is 5.91 Å². The van der Waals surface area contributed by atoms with Gasteiger partial charge in [-0.05, 0) is 43.6 Å². The molecule has 130 valence electrons. The van der Waals surface area contributed by atoms with E-state index in [1.54, 1.807) is 0 Å². The van der Waals surface area contributed by atoms with E-state index in [1.165, 1.54) is 12.8 Å². The Kier molecular flexibility index (Phi) is 4.59. The van der Waals surface area contributed by atoms with Gasteiger partial charge in [0.15, 0.2) is 0 Å². The number of ether oxygens (including phenoxy) is 2. The minimum absolute atomic E-state index is 0.224. The maximum Gasteiger partial charge on any atom is 0.233 e. The first-order valence-electron chi connectivity index (χ1n) is 9.32. The molecule has 0 aromatic heterocycles. The zero-order valence-electron chi connectivity index (χ0n) is 14.3. The fourth-order valence-corrected chi connectivity index (χ4v) is 4.01. The fraction of sp³-hybridized carbons (Fsp3) is 0.650. The summed E-state index contributed by atoms with van der Waals surface area (Å²) in [6.45, 7) is 3.78. The number of rotatable bonds is 5. The van der Waals surface area contributed by atoms with Crippen molar-refractivity contribution in [2.75, 3.05) is 32.9 Å². The third kappa shape index (κ3) is 3.22. The molecule has 4 rings (SSSR count). The summed E-state index contributed by atoms with van der Waals surface area (Å²) in [4.78, 5) is 15.5. The molecule has 4 heteroatoms. The standard InChI is InChI=1S/C20H27NO3/c22-19(21-11-8-18(14-21)24-15-16-6-7-16)20(9-12-23-13-10-20)17-4-2-1-3-5-17/h1-5,16,18H,6-15H2. The molecule has 0 radical (unpaired) electrons. The van der Waals surface area contributed by atoms with E-state index < -0.39 is 5.41 Å². The molecule has 24 heavy (non-hydrogen) atoms. The van der Waals surface area contributed by atoms with Gasteiger partial charge in [0.25, 0.3) is 0 Å². The molecule has 1 aromatic carbocycles. The van der Waals surface area contributed by atoms with Crippen molar-refractivity contribution in [2.24, 2.45) is 5.92 Å². The first-order valence-corrected chi connectivity index (χ1v) is 9.32. The van der Waals surface area contributed by atoms with E-state index in [4.69, 9.17) is 9.47 Å². The lowest BCUT2D eigenvalue weighted by atomic mass is 9.73. The molecular formula is C20H27NO3. The van der Waals surface area contributed by atoms with Crippen LogP contribution in [0.3, 0.4) is 0 Å². The molecule has 1 amide bonds. The van der Waals surface area contributed by atoms with Gasteiger partial charge in [-0.1, -0.05) is 30.3 Å². The number of likely N-dealkylation sites (tertiary alicyclic amines) is 1. The molecule has 0 spiro atoms. The fourth-order valence-electron chi connectivity index (χ4n) is 4.01. The second kappa shape index (κ2) is 6.85. The van der Waals surface area contributed by atoms with Gasteiger partial charge < -0.3 is 14.4 Å². The highest BCUT2D eigenvalue weighted by Crippen LogP contribution is 2.38. The van der Waals surface area contributed by atoms with E-state index in [0.29, 0.717) is 13.2 Å². The van der Waals surface area contributed by atoms with Gasteiger partial charge in [-0.25, -0.2) is 0 Å². The number of amides is 1. The predicted molar refractivity (Wildman–Crippen MR) is 91.8 cm³/mol. The molecule has 3 fully saturated rings. The molecule has 1 saturated carbocycles. The maximum atomic E-state index is 13.4. The molecular weight excluding hydrogens is 302 g/mol. The molecule has 1 aromatic rings. The van der Waals surface area contributed by atoms with Gasteiger partial charge in [0, 0.05) is 32.9 Å². The normalized spacial score (nSPS) is 26.5. The van der Waals surface area contributed by atoms with Crippen LogP contribution in [0.15, 0.2) is 30.3 Å². The van der Waals surface area contributed by atoms with Crippen LogP contribution < -0.4 is 0 Å². The monoisotopic (exact) mass is 329 g/mol. The minimum Gasteiger partial charge on any atom is -0.381 e. The number of carbonyl (C=O) groups excluding carboxylic acids is 1. The second-order valence-electron chi connectivity index (χ2n) is 7.50. The van der Waals surface area contributed by atoms with Crippen LogP contribution in [0.2, 0.25) is 0 Å². The van der Waals surface area contributed by atoms with E-state index in [0.717, 1.165) is 50.4 Å². The Bertz CT molecular complexity index is 564. The molecule has 2 saturated heterocycles. The average Bonchev–Trinajstić information content (AvgIpc) is 3.36. The summed E-state index contributed by atoms with van der Waals surface area (Å²) in [7, 11) is 0. The summed E-state index contributed by atoms with van der Waals surface area (Å²) in [6, 6.07) is 10.3. The van der Waals surface area contributed by atoms with Crippen molar-refractivity contribution in [3.8, 4) is 0 Å². The van der Waals surface area contributed by atoms with Crippen LogP contribution >= 0.6 is 0 Å². The molecule has 1 atom stereocenters. The van der Waals surface area contributed by atoms with Crippen molar-refractivity contribution < 1.29 is 14.3 Å². The van der Waals surface area contributed by atoms with Crippen molar-refractivity contribution >= 4 is 5.91 Å². The SMILES string of the molecule is O=C(N1CCC(OCC2CC2)C1)C1(c2ccccc2)CCOCC1. The molecule has 2 heterocycles. The van der Waals surface area contributed by atoms with Crippen LogP contribution in [-0.4, -0.2) is 49.8 Å². The number of hydrogen-bond donors (Lipinski definition) is 0. The molecule has 1 unspecified atom stereocenters. The summed E-state index contributed by atoms with van der Waals surface area (Å²) < 4.78 is 11.6. The van der Waals surface area contributed by atoms with Gasteiger partial charge >= 0.3 is 0 Å². The summed E-state index contributed by atoms with van der Waals surface area (Å²) in [6.07, 6.45) is 5.38. The van der Waals surface area contributed by atoms with Gasteiger partial charge in [-0.15, -0.1) is 0 Å². The van der Waals surface area contributed by atoms with Crippen LogP contribution in [0, 0.1) is 5.92 Å². The van der Waals surface area contributed by atoms with Gasteiger partial charge in [0.1, 0.15) is 0 Å². The van der Waals surface area contributed by atoms with Crippen molar-refractivity contribution in [3.63, 3.8) is 0 Å². The van der Waals surface area contributed by atoms with Crippen LogP contribution in [0.1, 0.15) is 37.7 Å². The number of nitrogens with zero attached hydrogens (tertiary/aromatic N) is 1. The summed E-state index contributed by atoms with van der Waals surface area (Å²) in [5.74, 6) is 1.05. The predicted octanol–water partition coefficient (Wildman–Crippen LogP) is 2.76. The summed E-state index contributed by atoms with van der Waals surface area (Å²) >= 11 is 0. The first kappa shape index (κ1) is 16.1. The maximum absolute atomic E-state index is 13.4. The van der Waals surface area contributed by atoms with Crippen molar-refractivity contribution in [3.05, 3.63) is 35.9 Å². The lowest BCUT2D eigenvalue weighted by molar-refractivity contribution is -0.140. The highest BCUT2D eigenvalue weighted by Gasteiger charge is 2.45. The Morgan fingerprint density at radius 2 is 1.92 bits per heavy atom. The van der Waals surface area contributed by atoms with Gasteiger partial charge in [0.05, 0.1) is 11.5 Å². The molecule has 0 bridgehead atoms. The second-order valence-corrected chi connectivity index (χ2v) is 7.50. The van der Waals surface area contributed by atoms with Crippen molar-refractivity contribution in [1.29, 1.82) is 0 Å². The van der Waals surface area contributed by atoms with Gasteiger partial charge in [-0.2, -0.15) is 0 Å². The van der Waals surface area contributed by atoms with Crippen LogP contribution in [0.4, 0.5) is 0 Å². The van der Waals surface area contributed by atoms with E-state index in [1.807, 2.05) is 23.1 Å². The lowest BCUT2D eigenvalue weighted by Gasteiger charge is -2.39. The third-order valence-corrected chi connectivity index (χ3v) is 5.78. The van der Waals surface area contributed by atoms with Crippen LogP contribution in [0.5, 0.6) is 0 Å². The lowest BCUT2D eigenvalue weighted by Crippen LogP contribution is -2.49. The number of hydrogen-bond acceptors (Lipinski definition) is 3. The Morgan fingerprint density at radius 3 is 2.62 bits per heavy atom. The molecule has 0 N–H and O–H groups in total. The Morgan fingerprint density at radius 1 is 1.17 bits per heavy atom. The molecule has 4 nitrogen and oxygen atoms in total. The summed E-state index contributed by atoms with van der Waals surface area (Å²) in [5, 5.41) is 0. The van der Waals surface area contributed by atoms with E-state index in [2.05, 4.69) is 12.1 Å². The number of benzene rings is 1. The van der Waals surface area contributed by atoms with Gasteiger partial charge in [-0.3, -0.25) is 4.79 Å². The largest absolute Gasteiger partial charge is 0.381 e. The van der Waals surface area contributed by atoms with Crippen molar-refractivity contribution in [2.45, 2.75) is 43.6 Å². The zero-order valence-corrected chi connectivity index (χ0v) is 14.3. The van der Waals surface area contributed by atoms with Crippen LogP contribution in [0.25, 0.3) is 0 Å². The molecule has 1 aliphatic carbocycles. The Balaban J connectivity index is 1.47. The Labute approximate surface area is 144 Å². The first-order chi connectivity index (χ1) is 11.8. The zero-order chi connectivity index (χ0) is 16.4. The smallest absolute Gasteiger partial charge is 0.233 e. The average molecular weight is 329 g/mol. The van der Waals surface area contributed by atoms with E-state index in [9.17, 15) is 4.79 Å². The quantitative estimate of drug-likeness (QED) is 0.834. The van der Waals surface area contributed by atoms with E-state index in [-0.39, 0.29) is 12.0 Å². The Hall–Kier alpha value is -1.39. The highest BCUT2D eigenvalue weighted by molar-refractivity contribution is 5.88. The van der Waals surface area contributed by atoms with Crippen LogP contribution in [-0.2, 0) is 19.7 Å². The highest BCUT2D eigenvalue weighted by atomic mass is 16.5. The topological polar surface area (TPSA) is 38.8 Å². The van der Waals surface area contributed by atoms with E-state index >= 15 is 0 Å². The molecule has 2 aliphatic heterocycles. The molecule has 3 aliphatic rings. The minimum atomic E-state index is -0.412. The van der Waals surface area contributed by atoms with Crippen molar-refractivity contribution in [1.82, 2.24) is 4.90 Å². The third-order valence-electron chi connectivity index (χ3n) is 5.78. The summed E-state index contributed by atoms with van der Waals surface area (Å²) in [5.41, 5.74) is 0.728.